The fourth-order valence-electron chi connectivity index (χ4n) is 1.58. The molecule has 17 heavy (non-hydrogen) atoms. The number of carbonyl (C=O) groups excluding carboxylic acids is 1. The molecule has 0 fully saturated rings. The van der Waals surface area contributed by atoms with Crippen molar-refractivity contribution >= 4 is 23.2 Å². The van der Waals surface area contributed by atoms with Gasteiger partial charge in [0.25, 0.3) is 0 Å². The second-order valence-corrected chi connectivity index (χ2v) is 4.37. The first-order valence-electron chi connectivity index (χ1n) is 5.68. The summed E-state index contributed by atoms with van der Waals surface area (Å²) in [5.74, 6) is 0.0229. The number of hydrogen-bond donors (Lipinski definition) is 0. The quantitative estimate of drug-likeness (QED) is 0.753. The minimum Gasteiger partial charge on any atom is -0.378 e. The molecular weight excluding hydrogens is 236 g/mol. The van der Waals surface area contributed by atoms with Gasteiger partial charge in [-0.3, -0.25) is 4.79 Å². The summed E-state index contributed by atoms with van der Waals surface area (Å²) >= 11 is 5.56. The van der Waals surface area contributed by atoms with Crippen LogP contribution in [0.1, 0.15) is 12.5 Å². The number of nitrogens with zero attached hydrogens (tertiary/aromatic N) is 2. The highest BCUT2D eigenvalue weighted by molar-refractivity contribution is 6.27. The lowest BCUT2D eigenvalue weighted by Crippen LogP contribution is -2.31. The summed E-state index contributed by atoms with van der Waals surface area (Å²) in [5, 5.41) is 0. The summed E-state index contributed by atoms with van der Waals surface area (Å²) in [6.45, 7) is 3.26. The first-order valence-corrected chi connectivity index (χ1v) is 6.22. The molecule has 1 rings (SSSR count). The van der Waals surface area contributed by atoms with E-state index in [1.165, 1.54) is 0 Å². The van der Waals surface area contributed by atoms with E-state index < -0.39 is 0 Å². The fourth-order valence-corrected chi connectivity index (χ4v) is 1.75. The van der Waals surface area contributed by atoms with Crippen LogP contribution < -0.4 is 4.90 Å². The predicted octanol–water partition coefficient (Wildman–Crippen LogP) is 2.34. The average Bonchev–Trinajstić information content (AvgIpc) is 2.35. The number of alkyl halides is 1. The van der Waals surface area contributed by atoms with Crippen LogP contribution in [0.25, 0.3) is 0 Å². The van der Waals surface area contributed by atoms with Crippen LogP contribution in [0.4, 0.5) is 5.69 Å². The standard InChI is InChI=1S/C13H19ClN2O/c1-4-16(13(17)9-14)10-11-5-7-12(8-6-11)15(2)3/h5-8H,4,9-10H2,1-3H3. The van der Waals surface area contributed by atoms with Crippen molar-refractivity contribution in [2.24, 2.45) is 0 Å². The minimum atomic E-state index is -0.0224. The van der Waals surface area contributed by atoms with E-state index in [-0.39, 0.29) is 11.8 Å². The number of anilines is 1. The Labute approximate surface area is 108 Å². The molecule has 0 atom stereocenters. The number of benzene rings is 1. The van der Waals surface area contributed by atoms with Crippen molar-refractivity contribution in [1.29, 1.82) is 0 Å². The smallest absolute Gasteiger partial charge is 0.237 e. The molecule has 0 heterocycles. The third kappa shape index (κ3) is 3.93. The molecule has 0 unspecified atom stereocenters. The largest absolute Gasteiger partial charge is 0.378 e. The molecule has 0 saturated heterocycles. The van der Waals surface area contributed by atoms with Crippen LogP contribution in [0.5, 0.6) is 0 Å². The molecular formula is C13H19ClN2O. The number of hydrogen-bond acceptors (Lipinski definition) is 2. The van der Waals surface area contributed by atoms with Crippen molar-refractivity contribution in [1.82, 2.24) is 4.90 Å². The average molecular weight is 255 g/mol. The molecule has 0 spiro atoms. The van der Waals surface area contributed by atoms with E-state index in [9.17, 15) is 4.79 Å². The van der Waals surface area contributed by atoms with Crippen LogP contribution in [0, 0.1) is 0 Å². The van der Waals surface area contributed by atoms with E-state index >= 15 is 0 Å². The molecule has 0 bridgehead atoms. The van der Waals surface area contributed by atoms with E-state index in [0.717, 1.165) is 11.3 Å². The van der Waals surface area contributed by atoms with E-state index in [2.05, 4.69) is 0 Å². The number of carbonyl (C=O) groups is 1. The Kier molecular flexibility index (Phi) is 5.29. The first-order chi connectivity index (χ1) is 8.08. The second kappa shape index (κ2) is 6.50. The van der Waals surface area contributed by atoms with Gasteiger partial charge in [0, 0.05) is 32.9 Å². The maximum absolute atomic E-state index is 11.5. The molecule has 0 N–H and O–H groups in total. The summed E-state index contributed by atoms with van der Waals surface area (Å²) in [7, 11) is 4.01. The lowest BCUT2D eigenvalue weighted by molar-refractivity contribution is -0.128. The third-order valence-corrected chi connectivity index (χ3v) is 2.90. The number of amides is 1. The Bertz CT molecular complexity index is 362. The highest BCUT2D eigenvalue weighted by Gasteiger charge is 2.10. The molecule has 1 amide bonds. The third-order valence-electron chi connectivity index (χ3n) is 2.67. The first kappa shape index (κ1) is 13.8. The normalized spacial score (nSPS) is 10.1. The number of halogens is 1. The van der Waals surface area contributed by atoms with Crippen molar-refractivity contribution in [2.75, 3.05) is 31.4 Å². The number of rotatable bonds is 5. The van der Waals surface area contributed by atoms with Crippen molar-refractivity contribution < 1.29 is 4.79 Å². The SMILES string of the molecule is CCN(Cc1ccc(N(C)C)cc1)C(=O)CCl. The summed E-state index contributed by atoms with van der Waals surface area (Å²) in [6.07, 6.45) is 0. The van der Waals surface area contributed by atoms with Crippen LogP contribution in [0.2, 0.25) is 0 Å². The maximum atomic E-state index is 11.5. The van der Waals surface area contributed by atoms with Crippen molar-refractivity contribution in [3.63, 3.8) is 0 Å². The van der Waals surface area contributed by atoms with Gasteiger partial charge in [0.05, 0.1) is 0 Å². The zero-order chi connectivity index (χ0) is 12.8. The van der Waals surface area contributed by atoms with E-state index in [1.807, 2.05) is 50.2 Å². The van der Waals surface area contributed by atoms with Gasteiger partial charge in [0.15, 0.2) is 0 Å². The van der Waals surface area contributed by atoms with Gasteiger partial charge in [-0.15, -0.1) is 11.6 Å². The Hall–Kier alpha value is -1.22. The van der Waals surface area contributed by atoms with Gasteiger partial charge in [-0.1, -0.05) is 12.1 Å². The van der Waals surface area contributed by atoms with Crippen molar-refractivity contribution in [3.05, 3.63) is 29.8 Å². The Morgan fingerprint density at radius 1 is 1.24 bits per heavy atom. The minimum absolute atomic E-state index is 0.0224. The topological polar surface area (TPSA) is 23.6 Å². The second-order valence-electron chi connectivity index (χ2n) is 4.10. The summed E-state index contributed by atoms with van der Waals surface area (Å²) in [5.41, 5.74) is 2.27. The molecule has 1 aromatic carbocycles. The van der Waals surface area contributed by atoms with Gasteiger partial charge >= 0.3 is 0 Å². The Balaban J connectivity index is 2.70. The van der Waals surface area contributed by atoms with E-state index in [0.29, 0.717) is 13.1 Å². The summed E-state index contributed by atoms with van der Waals surface area (Å²) in [4.78, 5) is 15.3. The van der Waals surface area contributed by atoms with Gasteiger partial charge in [-0.25, -0.2) is 0 Å². The zero-order valence-electron chi connectivity index (χ0n) is 10.6. The zero-order valence-corrected chi connectivity index (χ0v) is 11.4. The summed E-state index contributed by atoms with van der Waals surface area (Å²) < 4.78 is 0. The van der Waals surface area contributed by atoms with Crippen LogP contribution in [0.3, 0.4) is 0 Å². The highest BCUT2D eigenvalue weighted by Crippen LogP contribution is 2.13. The van der Waals surface area contributed by atoms with Crippen LogP contribution >= 0.6 is 11.6 Å². The Morgan fingerprint density at radius 2 is 1.82 bits per heavy atom. The fraction of sp³-hybridized carbons (Fsp3) is 0.462. The molecule has 1 aromatic rings. The lowest BCUT2D eigenvalue weighted by atomic mass is 10.2. The molecule has 3 nitrogen and oxygen atoms in total. The maximum Gasteiger partial charge on any atom is 0.237 e. The van der Waals surface area contributed by atoms with Crippen LogP contribution in [-0.4, -0.2) is 37.3 Å². The van der Waals surface area contributed by atoms with Crippen molar-refractivity contribution in [2.45, 2.75) is 13.5 Å². The van der Waals surface area contributed by atoms with Gasteiger partial charge in [0.1, 0.15) is 5.88 Å². The van der Waals surface area contributed by atoms with Crippen molar-refractivity contribution in [3.8, 4) is 0 Å². The van der Waals surface area contributed by atoms with Gasteiger partial charge in [-0.2, -0.15) is 0 Å². The predicted molar refractivity (Wildman–Crippen MR) is 72.6 cm³/mol. The van der Waals surface area contributed by atoms with E-state index in [4.69, 9.17) is 11.6 Å². The van der Waals surface area contributed by atoms with Gasteiger partial charge < -0.3 is 9.80 Å². The van der Waals surface area contributed by atoms with Crippen LogP contribution in [0.15, 0.2) is 24.3 Å². The monoisotopic (exact) mass is 254 g/mol. The highest BCUT2D eigenvalue weighted by atomic mass is 35.5. The molecule has 0 aliphatic heterocycles. The van der Waals surface area contributed by atoms with Gasteiger partial charge in [-0.05, 0) is 24.6 Å². The lowest BCUT2D eigenvalue weighted by Gasteiger charge is -2.20. The molecule has 4 heteroatoms. The molecule has 0 radical (unpaired) electrons. The summed E-state index contributed by atoms with van der Waals surface area (Å²) in [6, 6.07) is 8.18. The molecule has 0 aliphatic rings. The molecule has 0 saturated carbocycles. The molecule has 94 valence electrons. The molecule has 0 aromatic heterocycles. The molecule has 0 aliphatic carbocycles. The van der Waals surface area contributed by atoms with Gasteiger partial charge in [0.2, 0.25) is 5.91 Å². The Morgan fingerprint density at radius 3 is 2.24 bits per heavy atom. The van der Waals surface area contributed by atoms with E-state index in [1.54, 1.807) is 4.90 Å². The van der Waals surface area contributed by atoms with Crippen LogP contribution in [-0.2, 0) is 11.3 Å².